The Morgan fingerprint density at radius 2 is 1.52 bits per heavy atom. The first-order chi connectivity index (χ1) is 12.0. The fraction of sp³-hybridized carbons (Fsp3) is 0.105. The number of aromatic nitrogens is 2. The van der Waals surface area contributed by atoms with Crippen molar-refractivity contribution in [2.24, 2.45) is 0 Å². The van der Waals surface area contributed by atoms with Crippen LogP contribution in [0.5, 0.6) is 0 Å². The first kappa shape index (κ1) is 17.1. The van der Waals surface area contributed by atoms with Gasteiger partial charge in [-0.3, -0.25) is 4.79 Å². The second kappa shape index (κ2) is 7.44. The summed E-state index contributed by atoms with van der Waals surface area (Å²) < 4.78 is 0.762. The van der Waals surface area contributed by atoms with E-state index in [1.54, 1.807) is 6.07 Å². The number of anilines is 3. The lowest BCUT2D eigenvalue weighted by molar-refractivity contribution is 0.102. The van der Waals surface area contributed by atoms with E-state index in [1.807, 2.05) is 62.4 Å². The van der Waals surface area contributed by atoms with E-state index in [9.17, 15) is 4.79 Å². The summed E-state index contributed by atoms with van der Waals surface area (Å²) in [6, 6.07) is 16.6. The standard InChI is InChI=1S/C19H17BrN4O/c1-12-11-13(2)22-19(21-12)24-15-9-7-14(8-10-15)23-18(25)16-5-3-4-6-17(16)20/h3-11H,1-2H3,(H,23,25)(H,21,22,24). The molecule has 0 aliphatic heterocycles. The van der Waals surface area contributed by atoms with E-state index in [1.165, 1.54) is 0 Å². The Labute approximate surface area is 154 Å². The minimum Gasteiger partial charge on any atom is -0.324 e. The fourth-order valence-corrected chi connectivity index (χ4v) is 2.86. The largest absolute Gasteiger partial charge is 0.324 e. The van der Waals surface area contributed by atoms with Crippen molar-refractivity contribution in [3.63, 3.8) is 0 Å². The number of amides is 1. The highest BCUT2D eigenvalue weighted by atomic mass is 79.9. The number of hydrogen-bond acceptors (Lipinski definition) is 4. The molecule has 0 atom stereocenters. The number of nitrogens with one attached hydrogen (secondary N) is 2. The molecular formula is C19H17BrN4O. The van der Waals surface area contributed by atoms with E-state index in [2.05, 4.69) is 36.5 Å². The number of aryl methyl sites for hydroxylation is 2. The summed E-state index contributed by atoms with van der Waals surface area (Å²) in [6.45, 7) is 3.86. The van der Waals surface area contributed by atoms with Gasteiger partial charge < -0.3 is 10.6 Å². The van der Waals surface area contributed by atoms with Gasteiger partial charge in [-0.2, -0.15) is 0 Å². The van der Waals surface area contributed by atoms with Crippen LogP contribution in [0.3, 0.4) is 0 Å². The Morgan fingerprint density at radius 1 is 0.920 bits per heavy atom. The Kier molecular flexibility index (Phi) is 5.09. The lowest BCUT2D eigenvalue weighted by atomic mass is 10.2. The number of rotatable bonds is 4. The highest BCUT2D eigenvalue weighted by Crippen LogP contribution is 2.20. The normalized spacial score (nSPS) is 10.4. The number of halogens is 1. The Balaban J connectivity index is 1.70. The van der Waals surface area contributed by atoms with Crippen molar-refractivity contribution < 1.29 is 4.79 Å². The molecule has 5 nitrogen and oxygen atoms in total. The minimum atomic E-state index is -0.161. The Hall–Kier alpha value is -2.73. The average molecular weight is 397 g/mol. The van der Waals surface area contributed by atoms with E-state index in [4.69, 9.17) is 0 Å². The third-order valence-electron chi connectivity index (χ3n) is 3.50. The number of carbonyl (C=O) groups is 1. The molecule has 2 aromatic carbocycles. The fourth-order valence-electron chi connectivity index (χ4n) is 2.39. The predicted octanol–water partition coefficient (Wildman–Crippen LogP) is 4.85. The van der Waals surface area contributed by atoms with Gasteiger partial charge in [0, 0.05) is 27.2 Å². The maximum atomic E-state index is 12.3. The third kappa shape index (κ3) is 4.42. The molecule has 126 valence electrons. The molecule has 0 spiro atoms. The van der Waals surface area contributed by atoms with Gasteiger partial charge >= 0.3 is 0 Å². The lowest BCUT2D eigenvalue weighted by Gasteiger charge is -2.09. The van der Waals surface area contributed by atoms with Crippen molar-refractivity contribution in [3.8, 4) is 0 Å². The van der Waals surface area contributed by atoms with Crippen LogP contribution >= 0.6 is 15.9 Å². The molecule has 3 rings (SSSR count). The summed E-state index contributed by atoms with van der Waals surface area (Å²) >= 11 is 3.39. The van der Waals surface area contributed by atoms with Gasteiger partial charge in [0.1, 0.15) is 0 Å². The van der Waals surface area contributed by atoms with Gasteiger partial charge in [0.05, 0.1) is 5.56 Å². The molecule has 1 heterocycles. The third-order valence-corrected chi connectivity index (χ3v) is 4.19. The average Bonchev–Trinajstić information content (AvgIpc) is 2.56. The van der Waals surface area contributed by atoms with Crippen molar-refractivity contribution in [1.29, 1.82) is 0 Å². The van der Waals surface area contributed by atoms with Gasteiger partial charge in [-0.15, -0.1) is 0 Å². The van der Waals surface area contributed by atoms with E-state index in [0.717, 1.165) is 21.5 Å². The molecule has 0 saturated carbocycles. The number of carbonyl (C=O) groups excluding carboxylic acids is 1. The maximum absolute atomic E-state index is 12.3. The zero-order valence-corrected chi connectivity index (χ0v) is 15.5. The van der Waals surface area contributed by atoms with Gasteiger partial charge in [0.15, 0.2) is 0 Å². The van der Waals surface area contributed by atoms with Crippen molar-refractivity contribution in [3.05, 3.63) is 76.0 Å². The molecule has 0 bridgehead atoms. The van der Waals surface area contributed by atoms with Gasteiger partial charge in [-0.1, -0.05) is 12.1 Å². The minimum absolute atomic E-state index is 0.161. The zero-order valence-electron chi connectivity index (χ0n) is 13.9. The van der Waals surface area contributed by atoms with Gasteiger partial charge in [0.25, 0.3) is 5.91 Å². The quantitative estimate of drug-likeness (QED) is 0.661. The van der Waals surface area contributed by atoms with E-state index in [-0.39, 0.29) is 5.91 Å². The summed E-state index contributed by atoms with van der Waals surface area (Å²) in [6.07, 6.45) is 0. The van der Waals surface area contributed by atoms with Crippen LogP contribution in [0.1, 0.15) is 21.7 Å². The predicted molar refractivity (Wildman–Crippen MR) is 103 cm³/mol. The van der Waals surface area contributed by atoms with Crippen molar-refractivity contribution in [2.45, 2.75) is 13.8 Å². The molecule has 0 radical (unpaired) electrons. The topological polar surface area (TPSA) is 66.9 Å². The SMILES string of the molecule is Cc1cc(C)nc(Nc2ccc(NC(=O)c3ccccc3Br)cc2)n1. The summed E-state index contributed by atoms with van der Waals surface area (Å²) in [4.78, 5) is 21.0. The first-order valence-corrected chi connectivity index (χ1v) is 8.56. The van der Waals surface area contributed by atoms with Crippen LogP contribution in [-0.2, 0) is 0 Å². The number of nitrogens with zero attached hydrogens (tertiary/aromatic N) is 2. The Morgan fingerprint density at radius 3 is 2.16 bits per heavy atom. The molecule has 0 aliphatic carbocycles. The van der Waals surface area contributed by atoms with Crippen molar-refractivity contribution in [2.75, 3.05) is 10.6 Å². The van der Waals surface area contributed by atoms with Gasteiger partial charge in [-0.05, 0) is 72.2 Å². The van der Waals surface area contributed by atoms with E-state index in [0.29, 0.717) is 17.2 Å². The monoisotopic (exact) mass is 396 g/mol. The van der Waals surface area contributed by atoms with Crippen LogP contribution in [0.15, 0.2) is 59.1 Å². The van der Waals surface area contributed by atoms with Crippen LogP contribution in [0, 0.1) is 13.8 Å². The molecule has 0 unspecified atom stereocenters. The summed E-state index contributed by atoms with van der Waals surface area (Å²) in [5.74, 6) is 0.397. The molecule has 3 aromatic rings. The second-order valence-corrected chi connectivity index (χ2v) is 6.46. The molecule has 1 amide bonds. The summed E-state index contributed by atoms with van der Waals surface area (Å²) in [5, 5.41) is 6.04. The van der Waals surface area contributed by atoms with E-state index >= 15 is 0 Å². The van der Waals surface area contributed by atoms with Gasteiger partial charge in [0.2, 0.25) is 5.95 Å². The second-order valence-electron chi connectivity index (χ2n) is 5.61. The number of benzene rings is 2. The number of hydrogen-bond donors (Lipinski definition) is 2. The van der Waals surface area contributed by atoms with Gasteiger partial charge in [-0.25, -0.2) is 9.97 Å². The van der Waals surface area contributed by atoms with E-state index < -0.39 is 0 Å². The van der Waals surface area contributed by atoms with Crippen LogP contribution in [0.4, 0.5) is 17.3 Å². The molecule has 6 heteroatoms. The summed E-state index contributed by atoms with van der Waals surface area (Å²) in [5.41, 5.74) is 3.98. The first-order valence-electron chi connectivity index (χ1n) is 7.76. The van der Waals surface area contributed by atoms with Crippen LogP contribution in [0.2, 0.25) is 0 Å². The highest BCUT2D eigenvalue weighted by molar-refractivity contribution is 9.10. The zero-order chi connectivity index (χ0) is 17.8. The van der Waals surface area contributed by atoms with Crippen LogP contribution in [-0.4, -0.2) is 15.9 Å². The smallest absolute Gasteiger partial charge is 0.256 e. The summed E-state index contributed by atoms with van der Waals surface area (Å²) in [7, 11) is 0. The molecule has 0 fully saturated rings. The Bertz CT molecular complexity index is 889. The lowest BCUT2D eigenvalue weighted by Crippen LogP contribution is -2.12. The van der Waals surface area contributed by atoms with Crippen molar-refractivity contribution in [1.82, 2.24) is 9.97 Å². The molecule has 2 N–H and O–H groups in total. The highest BCUT2D eigenvalue weighted by Gasteiger charge is 2.09. The van der Waals surface area contributed by atoms with Crippen LogP contribution in [0.25, 0.3) is 0 Å². The van der Waals surface area contributed by atoms with Crippen molar-refractivity contribution >= 4 is 39.2 Å². The molecule has 1 aromatic heterocycles. The molecular weight excluding hydrogens is 380 g/mol. The molecule has 0 saturated heterocycles. The molecule has 0 aliphatic rings. The maximum Gasteiger partial charge on any atom is 0.256 e. The molecule has 25 heavy (non-hydrogen) atoms. The van der Waals surface area contributed by atoms with Crippen LogP contribution < -0.4 is 10.6 Å².